The highest BCUT2D eigenvalue weighted by Crippen LogP contribution is 2.22. The number of rotatable bonds is 5. The number of hydrogen-bond acceptors (Lipinski definition) is 4. The number of ether oxygens (including phenoxy) is 1. The quantitative estimate of drug-likeness (QED) is 0.851. The fraction of sp³-hybridized carbons (Fsp3) is 0.278. The first-order chi connectivity index (χ1) is 11.2. The lowest BCUT2D eigenvalue weighted by atomic mass is 10.1. The van der Waals surface area contributed by atoms with Gasteiger partial charge in [-0.2, -0.15) is 0 Å². The van der Waals surface area contributed by atoms with Gasteiger partial charge in [-0.1, -0.05) is 30.3 Å². The molecule has 1 saturated heterocycles. The number of carbonyl (C=O) groups is 1. The summed E-state index contributed by atoms with van der Waals surface area (Å²) in [5, 5.41) is 6.20. The number of hydrogen-bond donors (Lipinski definition) is 2. The van der Waals surface area contributed by atoms with Crippen LogP contribution in [-0.2, 0) is 11.4 Å². The lowest BCUT2D eigenvalue weighted by Crippen LogP contribution is -2.37. The summed E-state index contributed by atoms with van der Waals surface area (Å²) < 4.78 is 5.80. The van der Waals surface area contributed by atoms with E-state index in [0.29, 0.717) is 6.61 Å². The molecule has 128 valence electrons. The first kappa shape index (κ1) is 18.6. The third-order valence-corrected chi connectivity index (χ3v) is 4.81. The molecule has 0 radical (unpaired) electrons. The van der Waals surface area contributed by atoms with Crippen molar-refractivity contribution in [3.8, 4) is 5.75 Å². The van der Waals surface area contributed by atoms with Crippen molar-refractivity contribution in [2.75, 3.05) is 16.9 Å². The number of para-hydroxylation sites is 1. The molecule has 0 saturated carbocycles. The van der Waals surface area contributed by atoms with Crippen molar-refractivity contribution in [1.29, 1.82) is 0 Å². The van der Waals surface area contributed by atoms with E-state index < -0.39 is 0 Å². The molecule has 1 unspecified atom stereocenters. The average molecular weight is 365 g/mol. The van der Waals surface area contributed by atoms with Crippen molar-refractivity contribution in [2.45, 2.75) is 19.6 Å². The summed E-state index contributed by atoms with van der Waals surface area (Å²) >= 11 is 1.74. The van der Waals surface area contributed by atoms with E-state index in [0.717, 1.165) is 34.2 Å². The van der Waals surface area contributed by atoms with Crippen LogP contribution in [0.25, 0.3) is 0 Å². The number of nitrogens with one attached hydrogen (secondary N) is 2. The SMILES string of the molecule is Cc1c(COc2ccccc2)cccc1NC(=O)C1CSCN1.Cl. The number of anilines is 1. The van der Waals surface area contributed by atoms with Gasteiger partial charge in [-0.3, -0.25) is 10.1 Å². The van der Waals surface area contributed by atoms with Gasteiger partial charge < -0.3 is 10.1 Å². The van der Waals surface area contributed by atoms with Crippen molar-refractivity contribution in [3.05, 3.63) is 59.7 Å². The summed E-state index contributed by atoms with van der Waals surface area (Å²) in [6, 6.07) is 15.5. The van der Waals surface area contributed by atoms with Gasteiger partial charge >= 0.3 is 0 Å². The first-order valence-electron chi connectivity index (χ1n) is 7.62. The van der Waals surface area contributed by atoms with E-state index in [-0.39, 0.29) is 24.4 Å². The Labute approximate surface area is 152 Å². The smallest absolute Gasteiger partial charge is 0.242 e. The van der Waals surface area contributed by atoms with Crippen LogP contribution in [0, 0.1) is 6.92 Å². The molecule has 1 heterocycles. The highest BCUT2D eigenvalue weighted by atomic mass is 35.5. The Morgan fingerprint density at radius 2 is 2.04 bits per heavy atom. The lowest BCUT2D eigenvalue weighted by Gasteiger charge is -2.15. The molecule has 6 heteroatoms. The number of halogens is 1. The van der Waals surface area contributed by atoms with Gasteiger partial charge in [0.25, 0.3) is 0 Å². The average Bonchev–Trinajstić information content (AvgIpc) is 3.11. The third kappa shape index (κ3) is 4.66. The molecule has 0 aliphatic carbocycles. The van der Waals surface area contributed by atoms with Gasteiger partial charge in [0.05, 0.1) is 6.04 Å². The standard InChI is InChI=1S/C18H20N2O2S.ClH/c1-13-14(10-22-15-7-3-2-4-8-15)6-5-9-16(13)20-18(21)17-11-23-12-19-17;/h2-9,17,19H,10-12H2,1H3,(H,20,21);1H. The van der Waals surface area contributed by atoms with Gasteiger partial charge in [0.1, 0.15) is 12.4 Å². The molecule has 2 aromatic carbocycles. The summed E-state index contributed by atoms with van der Waals surface area (Å²) in [4.78, 5) is 12.2. The van der Waals surface area contributed by atoms with Crippen LogP contribution in [0.1, 0.15) is 11.1 Å². The molecule has 4 nitrogen and oxygen atoms in total. The molecule has 2 N–H and O–H groups in total. The van der Waals surface area contributed by atoms with E-state index in [4.69, 9.17) is 4.74 Å². The second kappa shape index (κ2) is 8.97. The van der Waals surface area contributed by atoms with Crippen LogP contribution in [0.3, 0.4) is 0 Å². The van der Waals surface area contributed by atoms with Crippen molar-refractivity contribution in [1.82, 2.24) is 5.32 Å². The van der Waals surface area contributed by atoms with E-state index in [1.54, 1.807) is 11.8 Å². The van der Waals surface area contributed by atoms with Gasteiger partial charge in [-0.25, -0.2) is 0 Å². The fourth-order valence-electron chi connectivity index (χ4n) is 2.44. The van der Waals surface area contributed by atoms with Gasteiger partial charge in [0, 0.05) is 17.3 Å². The van der Waals surface area contributed by atoms with Gasteiger partial charge in [-0.15, -0.1) is 24.2 Å². The van der Waals surface area contributed by atoms with Crippen LogP contribution in [0.15, 0.2) is 48.5 Å². The molecule has 3 rings (SSSR count). The second-order valence-corrected chi connectivity index (χ2v) is 6.48. The molecule has 1 atom stereocenters. The van der Waals surface area contributed by atoms with E-state index >= 15 is 0 Å². The van der Waals surface area contributed by atoms with Crippen LogP contribution < -0.4 is 15.4 Å². The number of benzene rings is 2. The van der Waals surface area contributed by atoms with E-state index in [2.05, 4.69) is 10.6 Å². The van der Waals surface area contributed by atoms with Crippen molar-refractivity contribution >= 4 is 35.8 Å². The Balaban J connectivity index is 0.00000208. The molecular formula is C18H21ClN2O2S. The zero-order chi connectivity index (χ0) is 16.1. The van der Waals surface area contributed by atoms with E-state index in [1.807, 2.05) is 55.5 Å². The summed E-state index contributed by atoms with van der Waals surface area (Å²) in [5.41, 5.74) is 2.96. The Morgan fingerprint density at radius 3 is 2.75 bits per heavy atom. The summed E-state index contributed by atoms with van der Waals surface area (Å²) in [5.74, 6) is 2.52. The van der Waals surface area contributed by atoms with Crippen LogP contribution in [0.5, 0.6) is 5.75 Å². The number of carbonyl (C=O) groups excluding carboxylic acids is 1. The molecule has 1 amide bonds. The zero-order valence-corrected chi connectivity index (χ0v) is 15.1. The predicted octanol–water partition coefficient (Wildman–Crippen LogP) is 3.60. The number of amides is 1. The van der Waals surface area contributed by atoms with Crippen LogP contribution in [0.4, 0.5) is 5.69 Å². The molecule has 1 fully saturated rings. The Hall–Kier alpha value is -1.69. The molecular weight excluding hydrogens is 344 g/mol. The van der Waals surface area contributed by atoms with Crippen molar-refractivity contribution < 1.29 is 9.53 Å². The van der Waals surface area contributed by atoms with Crippen molar-refractivity contribution in [2.24, 2.45) is 0 Å². The molecule has 2 aromatic rings. The Kier molecular flexibility index (Phi) is 6.97. The van der Waals surface area contributed by atoms with Crippen molar-refractivity contribution in [3.63, 3.8) is 0 Å². The van der Waals surface area contributed by atoms with E-state index in [1.165, 1.54) is 0 Å². The normalized spacial score (nSPS) is 16.3. The predicted molar refractivity (Wildman–Crippen MR) is 102 cm³/mol. The molecule has 24 heavy (non-hydrogen) atoms. The highest BCUT2D eigenvalue weighted by Gasteiger charge is 2.23. The fourth-order valence-corrected chi connectivity index (χ4v) is 3.38. The maximum Gasteiger partial charge on any atom is 0.242 e. The first-order valence-corrected chi connectivity index (χ1v) is 8.78. The highest BCUT2D eigenvalue weighted by molar-refractivity contribution is 7.99. The Bertz CT molecular complexity index is 676. The van der Waals surface area contributed by atoms with Gasteiger partial charge in [-0.05, 0) is 36.2 Å². The molecule has 0 bridgehead atoms. The summed E-state index contributed by atoms with van der Waals surface area (Å²) in [7, 11) is 0. The molecule has 0 aromatic heterocycles. The molecule has 1 aliphatic rings. The largest absolute Gasteiger partial charge is 0.489 e. The minimum absolute atomic E-state index is 0. The second-order valence-electron chi connectivity index (χ2n) is 5.45. The number of thioether (sulfide) groups is 1. The lowest BCUT2D eigenvalue weighted by molar-refractivity contribution is -0.117. The topological polar surface area (TPSA) is 50.4 Å². The minimum atomic E-state index is -0.108. The maximum atomic E-state index is 12.2. The Morgan fingerprint density at radius 1 is 1.25 bits per heavy atom. The van der Waals surface area contributed by atoms with Crippen LogP contribution in [-0.4, -0.2) is 23.6 Å². The summed E-state index contributed by atoms with van der Waals surface area (Å²) in [6.45, 7) is 2.49. The third-order valence-electron chi connectivity index (χ3n) is 3.87. The summed E-state index contributed by atoms with van der Waals surface area (Å²) in [6.07, 6.45) is 0. The van der Waals surface area contributed by atoms with Gasteiger partial charge in [0.2, 0.25) is 5.91 Å². The maximum absolute atomic E-state index is 12.2. The monoisotopic (exact) mass is 364 g/mol. The van der Waals surface area contributed by atoms with E-state index in [9.17, 15) is 4.79 Å². The zero-order valence-electron chi connectivity index (χ0n) is 13.5. The van der Waals surface area contributed by atoms with Crippen LogP contribution >= 0.6 is 24.2 Å². The van der Waals surface area contributed by atoms with Gasteiger partial charge in [0.15, 0.2) is 0 Å². The molecule has 0 spiro atoms. The molecule has 1 aliphatic heterocycles. The minimum Gasteiger partial charge on any atom is -0.489 e. The van der Waals surface area contributed by atoms with Crippen LogP contribution in [0.2, 0.25) is 0 Å².